The fourth-order valence-corrected chi connectivity index (χ4v) is 4.87. The maximum Gasteiger partial charge on any atom is 0.254 e. The van der Waals surface area contributed by atoms with E-state index in [-0.39, 0.29) is 23.3 Å². The molecule has 0 unspecified atom stereocenters. The topological polar surface area (TPSA) is 92.8 Å². The second-order valence-corrected chi connectivity index (χ2v) is 8.98. The molecule has 1 spiro atoms. The minimum absolute atomic E-state index is 0.104. The zero-order valence-corrected chi connectivity index (χ0v) is 15.3. The van der Waals surface area contributed by atoms with Crippen LogP contribution in [0, 0.1) is 0 Å². The number of hydrogen-bond donors (Lipinski definition) is 1. The molecule has 7 nitrogen and oxygen atoms in total. The number of benzene rings is 1. The van der Waals surface area contributed by atoms with Crippen LogP contribution in [0.4, 0.5) is 5.69 Å². The van der Waals surface area contributed by atoms with Crippen LogP contribution in [0.15, 0.2) is 36.9 Å². The highest BCUT2D eigenvalue weighted by Gasteiger charge is 2.42. The lowest BCUT2D eigenvalue weighted by molar-refractivity contribution is -0.111. The molecule has 1 N–H and O–H groups in total. The monoisotopic (exact) mass is 378 g/mol. The van der Waals surface area contributed by atoms with E-state index in [1.807, 2.05) is 0 Å². The zero-order valence-electron chi connectivity index (χ0n) is 14.4. The maximum atomic E-state index is 12.8. The molecule has 0 aliphatic carbocycles. The second-order valence-electron chi connectivity index (χ2n) is 6.68. The maximum absolute atomic E-state index is 12.8. The SMILES string of the molecule is C=CC(=O)Nc1ccc(C(=O)N2CCOC3(CCS(=O)(=O)CC3)C2)cc1. The van der Waals surface area contributed by atoms with Crippen LogP contribution in [0.1, 0.15) is 23.2 Å². The average molecular weight is 378 g/mol. The number of amides is 2. The number of nitrogens with zero attached hydrogens (tertiary/aromatic N) is 1. The number of nitrogens with one attached hydrogen (secondary N) is 1. The van der Waals surface area contributed by atoms with Crippen LogP contribution < -0.4 is 5.32 Å². The number of ether oxygens (including phenoxy) is 1. The molecule has 140 valence electrons. The number of morpholine rings is 1. The predicted octanol–water partition coefficient (Wildman–Crippen LogP) is 1.23. The summed E-state index contributed by atoms with van der Waals surface area (Å²) >= 11 is 0. The van der Waals surface area contributed by atoms with E-state index >= 15 is 0 Å². The Morgan fingerprint density at radius 1 is 1.19 bits per heavy atom. The summed E-state index contributed by atoms with van der Waals surface area (Å²) in [4.78, 5) is 25.8. The Morgan fingerprint density at radius 2 is 1.85 bits per heavy atom. The summed E-state index contributed by atoms with van der Waals surface area (Å²) in [6.07, 6.45) is 2.02. The Labute approximate surface area is 152 Å². The van der Waals surface area contributed by atoms with Crippen LogP contribution in [-0.2, 0) is 19.4 Å². The average Bonchev–Trinajstić information content (AvgIpc) is 2.65. The predicted molar refractivity (Wildman–Crippen MR) is 97.7 cm³/mol. The van der Waals surface area contributed by atoms with Gasteiger partial charge in [0.2, 0.25) is 5.91 Å². The van der Waals surface area contributed by atoms with Gasteiger partial charge in [-0.2, -0.15) is 0 Å². The third kappa shape index (κ3) is 4.13. The van der Waals surface area contributed by atoms with Crippen LogP contribution in [-0.4, -0.2) is 61.9 Å². The van der Waals surface area contributed by atoms with Crippen molar-refractivity contribution in [3.63, 3.8) is 0 Å². The molecule has 2 amide bonds. The van der Waals surface area contributed by atoms with Crippen LogP contribution in [0.5, 0.6) is 0 Å². The number of anilines is 1. The van der Waals surface area contributed by atoms with E-state index in [4.69, 9.17) is 4.74 Å². The summed E-state index contributed by atoms with van der Waals surface area (Å²) in [5, 5.41) is 2.63. The molecule has 0 saturated carbocycles. The lowest BCUT2D eigenvalue weighted by Crippen LogP contribution is -2.56. The van der Waals surface area contributed by atoms with Crippen LogP contribution in [0.2, 0.25) is 0 Å². The molecule has 1 aromatic rings. The van der Waals surface area contributed by atoms with Crippen molar-refractivity contribution in [3.8, 4) is 0 Å². The number of rotatable bonds is 3. The third-order valence-electron chi connectivity index (χ3n) is 4.86. The second kappa shape index (κ2) is 7.20. The summed E-state index contributed by atoms with van der Waals surface area (Å²) in [6.45, 7) is 4.67. The van der Waals surface area contributed by atoms with Crippen molar-refractivity contribution in [2.24, 2.45) is 0 Å². The minimum atomic E-state index is -2.99. The Morgan fingerprint density at radius 3 is 2.46 bits per heavy atom. The Kier molecular flexibility index (Phi) is 5.15. The first kappa shape index (κ1) is 18.6. The fourth-order valence-electron chi connectivity index (χ4n) is 3.30. The lowest BCUT2D eigenvalue weighted by atomic mass is 9.94. The number of hydrogen-bond acceptors (Lipinski definition) is 5. The van der Waals surface area contributed by atoms with Crippen LogP contribution in [0.25, 0.3) is 0 Å². The van der Waals surface area contributed by atoms with Crippen LogP contribution in [0.3, 0.4) is 0 Å². The summed E-state index contributed by atoms with van der Waals surface area (Å²) in [5.41, 5.74) is 0.543. The van der Waals surface area contributed by atoms with E-state index in [0.29, 0.717) is 43.8 Å². The first-order valence-corrected chi connectivity index (χ1v) is 10.3. The first-order valence-electron chi connectivity index (χ1n) is 8.50. The normalized spacial score (nSPS) is 21.2. The molecule has 0 aromatic heterocycles. The minimum Gasteiger partial charge on any atom is -0.371 e. The van der Waals surface area contributed by atoms with Crippen molar-refractivity contribution < 1.29 is 22.7 Å². The highest BCUT2D eigenvalue weighted by molar-refractivity contribution is 7.91. The highest BCUT2D eigenvalue weighted by Crippen LogP contribution is 2.31. The molecule has 1 aromatic carbocycles. The fraction of sp³-hybridized carbons (Fsp3) is 0.444. The quantitative estimate of drug-likeness (QED) is 0.799. The van der Waals surface area contributed by atoms with E-state index in [1.165, 1.54) is 6.08 Å². The van der Waals surface area contributed by atoms with E-state index in [0.717, 1.165) is 0 Å². The van der Waals surface area contributed by atoms with Gasteiger partial charge in [-0.15, -0.1) is 0 Å². The van der Waals surface area contributed by atoms with Gasteiger partial charge >= 0.3 is 0 Å². The van der Waals surface area contributed by atoms with E-state index in [2.05, 4.69) is 11.9 Å². The van der Waals surface area contributed by atoms with Crippen molar-refractivity contribution in [3.05, 3.63) is 42.5 Å². The van der Waals surface area contributed by atoms with Gasteiger partial charge < -0.3 is 15.0 Å². The van der Waals surface area contributed by atoms with Gasteiger partial charge in [-0.05, 0) is 43.2 Å². The number of carbonyl (C=O) groups is 2. The molecule has 2 saturated heterocycles. The molecular weight excluding hydrogens is 356 g/mol. The molecule has 3 rings (SSSR count). The Bertz CT molecular complexity index is 802. The van der Waals surface area contributed by atoms with Gasteiger partial charge in [-0.3, -0.25) is 9.59 Å². The Hall–Kier alpha value is -2.19. The summed E-state index contributed by atoms with van der Waals surface area (Å²) in [5.74, 6) is -0.228. The van der Waals surface area contributed by atoms with E-state index in [9.17, 15) is 18.0 Å². The molecule has 8 heteroatoms. The first-order chi connectivity index (χ1) is 12.3. The van der Waals surface area contributed by atoms with Gasteiger partial charge in [-0.1, -0.05) is 6.58 Å². The molecule has 26 heavy (non-hydrogen) atoms. The molecule has 2 fully saturated rings. The third-order valence-corrected chi connectivity index (χ3v) is 6.51. The standard InChI is InChI=1S/C18H22N2O5S/c1-2-16(21)19-15-5-3-14(4-6-15)17(22)20-9-10-25-18(13-20)7-11-26(23,24)12-8-18/h2-6H,1,7-13H2,(H,19,21). The van der Waals surface area contributed by atoms with Gasteiger partial charge in [0.05, 0.1) is 30.3 Å². The molecule has 2 aliphatic rings. The van der Waals surface area contributed by atoms with Gasteiger partial charge in [-0.25, -0.2) is 8.42 Å². The molecule has 0 bridgehead atoms. The molecule has 2 aliphatic heterocycles. The number of sulfone groups is 1. The Balaban J connectivity index is 1.67. The smallest absolute Gasteiger partial charge is 0.254 e. The van der Waals surface area contributed by atoms with Crippen molar-refractivity contribution in [2.75, 3.05) is 36.5 Å². The zero-order chi connectivity index (χ0) is 18.8. The summed E-state index contributed by atoms with van der Waals surface area (Å²) < 4.78 is 29.2. The van der Waals surface area contributed by atoms with Crippen molar-refractivity contribution in [1.82, 2.24) is 4.90 Å². The molecule has 2 heterocycles. The highest BCUT2D eigenvalue weighted by atomic mass is 32.2. The summed E-state index contributed by atoms with van der Waals surface area (Å²) in [7, 11) is -2.99. The van der Waals surface area contributed by atoms with E-state index in [1.54, 1.807) is 29.2 Å². The van der Waals surface area contributed by atoms with Crippen LogP contribution >= 0.6 is 0 Å². The summed E-state index contributed by atoms with van der Waals surface area (Å²) in [6, 6.07) is 6.65. The van der Waals surface area contributed by atoms with Gasteiger partial charge in [0.1, 0.15) is 0 Å². The lowest BCUT2D eigenvalue weighted by Gasteiger charge is -2.44. The van der Waals surface area contributed by atoms with Crippen molar-refractivity contribution in [2.45, 2.75) is 18.4 Å². The van der Waals surface area contributed by atoms with Gasteiger partial charge in [0.15, 0.2) is 9.84 Å². The van der Waals surface area contributed by atoms with Gasteiger partial charge in [0.25, 0.3) is 5.91 Å². The number of carbonyl (C=O) groups excluding carboxylic acids is 2. The molecular formula is C18H22N2O5S. The largest absolute Gasteiger partial charge is 0.371 e. The molecule has 0 atom stereocenters. The molecule has 0 radical (unpaired) electrons. The van der Waals surface area contributed by atoms with Crippen molar-refractivity contribution >= 4 is 27.3 Å². The van der Waals surface area contributed by atoms with Gasteiger partial charge in [0, 0.05) is 17.8 Å². The van der Waals surface area contributed by atoms with Crippen molar-refractivity contribution in [1.29, 1.82) is 0 Å². The van der Waals surface area contributed by atoms with E-state index < -0.39 is 15.4 Å².